The maximum atomic E-state index is 11.3. The summed E-state index contributed by atoms with van der Waals surface area (Å²) in [6, 6.07) is 0. The summed E-state index contributed by atoms with van der Waals surface area (Å²) in [6.45, 7) is 5.89. The van der Waals surface area contributed by atoms with E-state index in [4.69, 9.17) is 0 Å². The molecule has 0 saturated heterocycles. The van der Waals surface area contributed by atoms with Gasteiger partial charge in [0.1, 0.15) is 0 Å². The van der Waals surface area contributed by atoms with Crippen LogP contribution in [0.1, 0.15) is 19.4 Å². The fourth-order valence-corrected chi connectivity index (χ4v) is 1.26. The van der Waals surface area contributed by atoms with Crippen molar-refractivity contribution in [1.82, 2.24) is 20.4 Å². The van der Waals surface area contributed by atoms with Gasteiger partial charge in [0.2, 0.25) is 5.91 Å². The monoisotopic (exact) mass is 224 g/mol. The Balaban J connectivity index is 2.13. The van der Waals surface area contributed by atoms with Gasteiger partial charge in [-0.1, -0.05) is 13.8 Å². The molecule has 0 aliphatic heterocycles. The van der Waals surface area contributed by atoms with E-state index >= 15 is 0 Å². The van der Waals surface area contributed by atoms with Gasteiger partial charge < -0.3 is 10.6 Å². The molecular weight excluding hydrogens is 204 g/mol. The van der Waals surface area contributed by atoms with Gasteiger partial charge >= 0.3 is 0 Å². The molecule has 2 N–H and O–H groups in total. The quantitative estimate of drug-likeness (QED) is 0.730. The second-order valence-electron chi connectivity index (χ2n) is 4.32. The summed E-state index contributed by atoms with van der Waals surface area (Å²) >= 11 is 0. The predicted octanol–water partition coefficient (Wildman–Crippen LogP) is 0.282. The summed E-state index contributed by atoms with van der Waals surface area (Å²) in [5, 5.41) is 9.97. The Morgan fingerprint density at radius 2 is 2.31 bits per heavy atom. The first kappa shape index (κ1) is 12.7. The highest BCUT2D eigenvalue weighted by atomic mass is 16.1. The van der Waals surface area contributed by atoms with Gasteiger partial charge in [-0.05, 0) is 5.92 Å². The zero-order valence-corrected chi connectivity index (χ0v) is 10.2. The number of hydrogen-bond donors (Lipinski definition) is 2. The lowest BCUT2D eigenvalue weighted by atomic mass is 10.2. The minimum Gasteiger partial charge on any atom is -0.355 e. The molecule has 0 aromatic carbocycles. The Kier molecular flexibility index (Phi) is 4.98. The van der Waals surface area contributed by atoms with E-state index in [9.17, 15) is 4.79 Å². The molecule has 0 atom stereocenters. The van der Waals surface area contributed by atoms with Crippen molar-refractivity contribution in [3.05, 3.63) is 18.0 Å². The number of rotatable bonds is 6. The minimum absolute atomic E-state index is 0.0394. The molecule has 0 spiro atoms. The van der Waals surface area contributed by atoms with Crippen LogP contribution >= 0.6 is 0 Å². The smallest absolute Gasteiger partial charge is 0.233 e. The van der Waals surface area contributed by atoms with Crippen molar-refractivity contribution in [2.24, 2.45) is 13.0 Å². The lowest BCUT2D eigenvalue weighted by molar-refractivity contribution is -0.120. The van der Waals surface area contributed by atoms with Crippen molar-refractivity contribution in [3.8, 4) is 0 Å². The molecular formula is C11H20N4O. The molecule has 0 radical (unpaired) electrons. The first-order valence-electron chi connectivity index (χ1n) is 5.53. The third-order valence-corrected chi connectivity index (χ3v) is 2.08. The normalized spacial score (nSPS) is 10.8. The molecule has 1 amide bonds. The molecule has 5 nitrogen and oxygen atoms in total. The number of carbonyl (C=O) groups excluding carboxylic acids is 1. The highest BCUT2D eigenvalue weighted by Gasteiger charge is 2.02. The van der Waals surface area contributed by atoms with Crippen LogP contribution in [0.15, 0.2) is 12.4 Å². The zero-order valence-electron chi connectivity index (χ0n) is 10.2. The molecule has 0 unspecified atom stereocenters. The lowest BCUT2D eigenvalue weighted by Crippen LogP contribution is -2.35. The first-order chi connectivity index (χ1) is 7.58. The highest BCUT2D eigenvalue weighted by molar-refractivity contribution is 5.77. The van der Waals surface area contributed by atoms with E-state index in [1.807, 2.05) is 13.2 Å². The second kappa shape index (κ2) is 6.27. The molecule has 5 heteroatoms. The molecule has 0 fully saturated rings. The van der Waals surface area contributed by atoms with Crippen molar-refractivity contribution in [2.45, 2.75) is 20.4 Å². The Hall–Kier alpha value is -1.36. The van der Waals surface area contributed by atoms with Crippen LogP contribution in [0.25, 0.3) is 0 Å². The van der Waals surface area contributed by atoms with Crippen LogP contribution < -0.4 is 10.6 Å². The maximum Gasteiger partial charge on any atom is 0.233 e. The Morgan fingerprint density at radius 3 is 2.88 bits per heavy atom. The Labute approximate surface area is 96.2 Å². The van der Waals surface area contributed by atoms with E-state index in [2.05, 4.69) is 29.6 Å². The van der Waals surface area contributed by atoms with E-state index in [0.717, 1.165) is 12.1 Å². The van der Waals surface area contributed by atoms with Gasteiger partial charge in [-0.2, -0.15) is 5.10 Å². The molecule has 0 aliphatic carbocycles. The number of carbonyl (C=O) groups is 1. The maximum absolute atomic E-state index is 11.3. The van der Waals surface area contributed by atoms with Gasteiger partial charge in [-0.25, -0.2) is 0 Å². The van der Waals surface area contributed by atoms with Gasteiger partial charge in [0.05, 0.1) is 12.7 Å². The van der Waals surface area contributed by atoms with Crippen molar-refractivity contribution in [3.63, 3.8) is 0 Å². The van der Waals surface area contributed by atoms with Crippen molar-refractivity contribution < 1.29 is 4.79 Å². The number of aryl methyl sites for hydroxylation is 1. The number of hydrogen-bond acceptors (Lipinski definition) is 3. The molecule has 0 aliphatic rings. The summed E-state index contributed by atoms with van der Waals surface area (Å²) in [5.41, 5.74) is 1.08. The molecule has 1 aromatic rings. The topological polar surface area (TPSA) is 59.0 Å². The van der Waals surface area contributed by atoms with Crippen LogP contribution in [0.5, 0.6) is 0 Å². The Bertz CT molecular complexity index is 332. The van der Waals surface area contributed by atoms with E-state index in [1.54, 1.807) is 10.9 Å². The molecule has 16 heavy (non-hydrogen) atoms. The average molecular weight is 224 g/mol. The molecule has 0 bridgehead atoms. The van der Waals surface area contributed by atoms with E-state index in [1.165, 1.54) is 0 Å². The summed E-state index contributed by atoms with van der Waals surface area (Å²) in [7, 11) is 1.87. The van der Waals surface area contributed by atoms with Gasteiger partial charge in [0.15, 0.2) is 0 Å². The van der Waals surface area contributed by atoms with E-state index in [0.29, 0.717) is 19.0 Å². The minimum atomic E-state index is 0.0394. The molecule has 90 valence electrons. The fraction of sp³-hybridized carbons (Fsp3) is 0.636. The van der Waals surface area contributed by atoms with Crippen LogP contribution in [0.3, 0.4) is 0 Å². The average Bonchev–Trinajstić information content (AvgIpc) is 2.61. The molecule has 0 saturated carbocycles. The fourth-order valence-electron chi connectivity index (χ4n) is 1.26. The van der Waals surface area contributed by atoms with Crippen LogP contribution in [-0.4, -0.2) is 28.8 Å². The van der Waals surface area contributed by atoms with Crippen LogP contribution in [0, 0.1) is 5.92 Å². The number of amides is 1. The van der Waals surface area contributed by atoms with Crippen molar-refractivity contribution in [2.75, 3.05) is 13.1 Å². The number of nitrogens with one attached hydrogen (secondary N) is 2. The molecule has 1 rings (SSSR count). The van der Waals surface area contributed by atoms with Crippen molar-refractivity contribution in [1.29, 1.82) is 0 Å². The van der Waals surface area contributed by atoms with Gasteiger partial charge in [-0.15, -0.1) is 0 Å². The van der Waals surface area contributed by atoms with Crippen LogP contribution in [-0.2, 0) is 18.4 Å². The summed E-state index contributed by atoms with van der Waals surface area (Å²) in [6.07, 6.45) is 3.72. The Morgan fingerprint density at radius 1 is 1.56 bits per heavy atom. The van der Waals surface area contributed by atoms with Crippen LogP contribution in [0.4, 0.5) is 0 Å². The molecule has 1 heterocycles. The number of nitrogens with zero attached hydrogens (tertiary/aromatic N) is 2. The summed E-state index contributed by atoms with van der Waals surface area (Å²) in [4.78, 5) is 11.3. The van der Waals surface area contributed by atoms with Crippen LogP contribution in [0.2, 0.25) is 0 Å². The van der Waals surface area contributed by atoms with Crippen molar-refractivity contribution >= 4 is 5.91 Å². The predicted molar refractivity (Wildman–Crippen MR) is 62.8 cm³/mol. The molecule has 1 aromatic heterocycles. The third kappa shape index (κ3) is 4.93. The highest BCUT2D eigenvalue weighted by Crippen LogP contribution is 1.94. The second-order valence-corrected chi connectivity index (χ2v) is 4.32. The van der Waals surface area contributed by atoms with E-state index in [-0.39, 0.29) is 5.91 Å². The SMILES string of the molecule is CC(C)CNC(=O)CNCc1cnn(C)c1. The number of aromatic nitrogens is 2. The van der Waals surface area contributed by atoms with E-state index < -0.39 is 0 Å². The lowest BCUT2D eigenvalue weighted by Gasteiger charge is -2.07. The van der Waals surface area contributed by atoms with Gasteiger partial charge in [0, 0.05) is 31.9 Å². The van der Waals surface area contributed by atoms with Gasteiger partial charge in [-0.3, -0.25) is 9.48 Å². The zero-order chi connectivity index (χ0) is 12.0. The largest absolute Gasteiger partial charge is 0.355 e. The summed E-state index contributed by atoms with van der Waals surface area (Å²) < 4.78 is 1.75. The third-order valence-electron chi connectivity index (χ3n) is 2.08. The summed E-state index contributed by atoms with van der Waals surface area (Å²) in [5.74, 6) is 0.528. The van der Waals surface area contributed by atoms with Gasteiger partial charge in [0.25, 0.3) is 0 Å². The first-order valence-corrected chi connectivity index (χ1v) is 5.53. The standard InChI is InChI=1S/C11H20N4O/c1-9(2)4-13-11(16)7-12-5-10-6-14-15(3)8-10/h6,8-9,12H,4-5,7H2,1-3H3,(H,13,16).